The number of nitrogens with one attached hydrogen (secondary N) is 1. The highest BCUT2D eigenvalue weighted by atomic mass is 35.5. The summed E-state index contributed by atoms with van der Waals surface area (Å²) in [6.45, 7) is 8.30. The Balaban J connectivity index is 1.76. The Morgan fingerprint density at radius 3 is 2.64 bits per heavy atom. The van der Waals surface area contributed by atoms with Crippen molar-refractivity contribution < 1.29 is 4.39 Å². The van der Waals surface area contributed by atoms with Gasteiger partial charge in [-0.25, -0.2) is 4.39 Å². The predicted molar refractivity (Wildman–Crippen MR) is 111 cm³/mol. The molecule has 2 heterocycles. The Morgan fingerprint density at radius 1 is 1.21 bits per heavy atom. The number of pyridine rings is 1. The van der Waals surface area contributed by atoms with Gasteiger partial charge in [-0.15, -0.1) is 10.2 Å². The van der Waals surface area contributed by atoms with Crippen molar-refractivity contribution in [1.29, 1.82) is 0 Å². The van der Waals surface area contributed by atoms with Gasteiger partial charge in [0.05, 0.1) is 16.4 Å². The second-order valence-corrected chi connectivity index (χ2v) is 7.50. The van der Waals surface area contributed by atoms with E-state index in [1.54, 1.807) is 36.5 Å². The molecule has 0 atom stereocenters. The molecule has 0 unspecified atom stereocenters. The first kappa shape index (κ1) is 19.8. The Morgan fingerprint density at radius 2 is 2.00 bits per heavy atom. The molecule has 0 aliphatic rings. The van der Waals surface area contributed by atoms with Crippen LogP contribution >= 0.6 is 11.6 Å². The molecule has 2 aromatic heterocycles. The van der Waals surface area contributed by atoms with Gasteiger partial charge in [-0.05, 0) is 48.0 Å². The number of aromatic nitrogens is 3. The number of hydrogen-bond donors (Lipinski definition) is 2. The molecule has 0 saturated carbocycles. The summed E-state index contributed by atoms with van der Waals surface area (Å²) in [7, 11) is 0. The lowest BCUT2D eigenvalue weighted by Crippen LogP contribution is -2.29. The topological polar surface area (TPSA) is 76.7 Å². The molecular weight excluding hydrogens is 377 g/mol. The van der Waals surface area contributed by atoms with Crippen molar-refractivity contribution in [1.82, 2.24) is 15.2 Å². The molecule has 3 N–H and O–H groups in total. The average molecular weight is 398 g/mol. The largest absolute Gasteiger partial charge is 0.399 e. The van der Waals surface area contributed by atoms with E-state index >= 15 is 0 Å². The summed E-state index contributed by atoms with van der Waals surface area (Å²) in [5.41, 5.74) is 7.93. The molecule has 0 fully saturated rings. The fourth-order valence-corrected chi connectivity index (χ4v) is 3.15. The Kier molecular flexibility index (Phi) is 5.61. The van der Waals surface area contributed by atoms with Crippen molar-refractivity contribution in [3.8, 4) is 11.3 Å². The van der Waals surface area contributed by atoms with Crippen LogP contribution in [0.3, 0.4) is 0 Å². The molecule has 1 aromatic carbocycles. The standard InChI is InChI=1S/C21H21ClFN5/c1-13(24)14-6-7-17(23)15(11-14)18-8-9-19(28-27-18)26-12-21(2,3)20-16(22)5-4-10-25-20/h4-11H,1,12,24H2,2-3H3,(H,26,28). The first-order valence-corrected chi connectivity index (χ1v) is 9.09. The SMILES string of the molecule is C=C(N)c1ccc(F)c(-c2ccc(NCC(C)(C)c3ncccc3Cl)nn2)c1. The van der Waals surface area contributed by atoms with Crippen LogP contribution in [0.4, 0.5) is 10.2 Å². The lowest BCUT2D eigenvalue weighted by atomic mass is 9.88. The van der Waals surface area contributed by atoms with Crippen molar-refractivity contribution in [2.45, 2.75) is 19.3 Å². The quantitative estimate of drug-likeness (QED) is 0.633. The lowest BCUT2D eigenvalue weighted by Gasteiger charge is -2.25. The number of nitrogens with two attached hydrogens (primary N) is 1. The summed E-state index contributed by atoms with van der Waals surface area (Å²) < 4.78 is 14.2. The van der Waals surface area contributed by atoms with Gasteiger partial charge in [-0.3, -0.25) is 4.98 Å². The minimum Gasteiger partial charge on any atom is -0.399 e. The Labute approximate surface area is 168 Å². The highest BCUT2D eigenvalue weighted by Crippen LogP contribution is 2.28. The lowest BCUT2D eigenvalue weighted by molar-refractivity contribution is 0.537. The van der Waals surface area contributed by atoms with Crippen LogP contribution in [0.25, 0.3) is 17.0 Å². The van der Waals surface area contributed by atoms with E-state index in [-0.39, 0.29) is 5.41 Å². The van der Waals surface area contributed by atoms with Crippen molar-refractivity contribution in [2.24, 2.45) is 5.73 Å². The molecule has 0 spiro atoms. The molecule has 0 amide bonds. The maximum atomic E-state index is 14.2. The molecule has 7 heteroatoms. The zero-order valence-electron chi connectivity index (χ0n) is 15.7. The first-order valence-electron chi connectivity index (χ1n) is 8.71. The van der Waals surface area contributed by atoms with Gasteiger partial charge in [0.1, 0.15) is 11.6 Å². The van der Waals surface area contributed by atoms with Crippen LogP contribution in [-0.2, 0) is 5.41 Å². The molecule has 3 aromatic rings. The maximum absolute atomic E-state index is 14.2. The molecule has 144 valence electrons. The minimum absolute atomic E-state index is 0.319. The molecule has 28 heavy (non-hydrogen) atoms. The molecule has 0 radical (unpaired) electrons. The van der Waals surface area contributed by atoms with E-state index in [9.17, 15) is 4.39 Å². The van der Waals surface area contributed by atoms with E-state index in [0.717, 1.165) is 5.69 Å². The monoisotopic (exact) mass is 397 g/mol. The second kappa shape index (κ2) is 7.94. The van der Waals surface area contributed by atoms with Crippen LogP contribution in [0, 0.1) is 5.82 Å². The first-order chi connectivity index (χ1) is 13.3. The van der Waals surface area contributed by atoms with E-state index in [4.69, 9.17) is 17.3 Å². The summed E-state index contributed by atoms with van der Waals surface area (Å²) in [6, 6.07) is 11.6. The maximum Gasteiger partial charge on any atom is 0.148 e. The van der Waals surface area contributed by atoms with Crippen LogP contribution in [0.2, 0.25) is 5.02 Å². The number of benzene rings is 1. The van der Waals surface area contributed by atoms with Crippen molar-refractivity contribution in [2.75, 3.05) is 11.9 Å². The second-order valence-electron chi connectivity index (χ2n) is 7.09. The average Bonchev–Trinajstić information content (AvgIpc) is 2.67. The molecule has 3 rings (SSSR count). The Bertz CT molecular complexity index is 1000. The molecule has 0 bridgehead atoms. The fraction of sp³-hybridized carbons (Fsp3) is 0.190. The van der Waals surface area contributed by atoms with Gasteiger partial charge in [0.15, 0.2) is 0 Å². The predicted octanol–water partition coefficient (Wildman–Crippen LogP) is 4.65. The van der Waals surface area contributed by atoms with Gasteiger partial charge in [-0.1, -0.05) is 32.0 Å². The van der Waals surface area contributed by atoms with Gasteiger partial charge in [-0.2, -0.15) is 0 Å². The normalized spacial score (nSPS) is 11.3. The Hall–Kier alpha value is -2.99. The van der Waals surface area contributed by atoms with Crippen LogP contribution in [0.15, 0.2) is 55.2 Å². The van der Waals surface area contributed by atoms with Gasteiger partial charge in [0.25, 0.3) is 0 Å². The molecule has 5 nitrogen and oxygen atoms in total. The fourth-order valence-electron chi connectivity index (χ4n) is 2.77. The summed E-state index contributed by atoms with van der Waals surface area (Å²) >= 11 is 6.26. The molecular formula is C21H21ClFN5. The summed E-state index contributed by atoms with van der Waals surface area (Å²) in [5, 5.41) is 12.1. The van der Waals surface area contributed by atoms with Crippen LogP contribution < -0.4 is 11.1 Å². The zero-order chi connectivity index (χ0) is 20.3. The van der Waals surface area contributed by atoms with Crippen molar-refractivity contribution >= 4 is 23.1 Å². The molecule has 0 saturated heterocycles. The van der Waals surface area contributed by atoms with E-state index in [1.165, 1.54) is 6.07 Å². The third-order valence-electron chi connectivity index (χ3n) is 4.39. The van der Waals surface area contributed by atoms with Crippen molar-refractivity contribution in [3.05, 3.63) is 77.3 Å². The van der Waals surface area contributed by atoms with Crippen molar-refractivity contribution in [3.63, 3.8) is 0 Å². The van der Waals surface area contributed by atoms with Crippen LogP contribution in [-0.4, -0.2) is 21.7 Å². The summed E-state index contributed by atoms with van der Waals surface area (Å²) in [5.74, 6) is 0.176. The number of nitrogens with zero attached hydrogens (tertiary/aromatic N) is 3. The van der Waals surface area contributed by atoms with Gasteiger partial charge < -0.3 is 11.1 Å². The van der Waals surface area contributed by atoms with Gasteiger partial charge >= 0.3 is 0 Å². The zero-order valence-corrected chi connectivity index (χ0v) is 16.5. The van der Waals surface area contributed by atoms with E-state index in [1.807, 2.05) is 19.9 Å². The highest BCUT2D eigenvalue weighted by Gasteiger charge is 2.24. The summed E-state index contributed by atoms with van der Waals surface area (Å²) in [6.07, 6.45) is 1.72. The third-order valence-corrected chi connectivity index (χ3v) is 4.69. The van der Waals surface area contributed by atoms with E-state index in [0.29, 0.717) is 39.9 Å². The third kappa shape index (κ3) is 4.28. The smallest absolute Gasteiger partial charge is 0.148 e. The minimum atomic E-state index is -0.397. The van der Waals surface area contributed by atoms with Crippen LogP contribution in [0.1, 0.15) is 25.1 Å². The number of rotatable bonds is 6. The highest BCUT2D eigenvalue weighted by molar-refractivity contribution is 6.31. The van der Waals surface area contributed by atoms with Gasteiger partial charge in [0, 0.05) is 29.4 Å². The number of hydrogen-bond acceptors (Lipinski definition) is 5. The van der Waals surface area contributed by atoms with E-state index < -0.39 is 5.82 Å². The van der Waals surface area contributed by atoms with Gasteiger partial charge in [0.2, 0.25) is 0 Å². The molecule has 0 aliphatic carbocycles. The molecule has 0 aliphatic heterocycles. The number of halogens is 2. The van der Waals surface area contributed by atoms with E-state index in [2.05, 4.69) is 27.1 Å². The van der Waals surface area contributed by atoms with Crippen LogP contribution in [0.5, 0.6) is 0 Å². The summed E-state index contributed by atoms with van der Waals surface area (Å²) in [4.78, 5) is 4.38. The number of anilines is 1.